The number of carbonyl (C=O) groups is 2. The van der Waals surface area contributed by atoms with Gasteiger partial charge in [-0.15, -0.1) is 0 Å². The lowest BCUT2D eigenvalue weighted by Gasteiger charge is -2.13. The summed E-state index contributed by atoms with van der Waals surface area (Å²) in [7, 11) is 0. The van der Waals surface area contributed by atoms with Crippen LogP contribution in [0.2, 0.25) is 0 Å². The van der Waals surface area contributed by atoms with Gasteiger partial charge in [-0.2, -0.15) is 13.2 Å². The standard InChI is InChI=1S/C21H15F3N2O2/c22-21(23,24)15-9-6-10-16(13-15)25-20(28)26-18-12-5-4-11-17(18)19(27)14-7-2-1-3-8-14/h1-13H,(H2,25,26,28). The molecule has 3 aromatic rings. The molecule has 0 spiro atoms. The van der Waals surface area contributed by atoms with Crippen molar-refractivity contribution < 1.29 is 22.8 Å². The second kappa shape index (κ2) is 7.96. The van der Waals surface area contributed by atoms with Crippen molar-refractivity contribution in [3.63, 3.8) is 0 Å². The second-order valence-electron chi connectivity index (χ2n) is 5.90. The van der Waals surface area contributed by atoms with Gasteiger partial charge < -0.3 is 10.6 Å². The topological polar surface area (TPSA) is 58.2 Å². The van der Waals surface area contributed by atoms with Gasteiger partial charge in [0.1, 0.15) is 0 Å². The second-order valence-corrected chi connectivity index (χ2v) is 5.90. The van der Waals surface area contributed by atoms with Crippen LogP contribution in [0.25, 0.3) is 0 Å². The summed E-state index contributed by atoms with van der Waals surface area (Å²) in [6.07, 6.45) is -4.51. The highest BCUT2D eigenvalue weighted by Crippen LogP contribution is 2.30. The molecule has 3 aromatic carbocycles. The van der Waals surface area contributed by atoms with Gasteiger partial charge in [-0.05, 0) is 30.3 Å². The molecule has 0 radical (unpaired) electrons. The van der Waals surface area contributed by atoms with E-state index in [9.17, 15) is 22.8 Å². The van der Waals surface area contributed by atoms with Crippen LogP contribution in [0.15, 0.2) is 78.9 Å². The number of halogens is 3. The Labute approximate surface area is 159 Å². The molecule has 142 valence electrons. The maximum atomic E-state index is 12.8. The van der Waals surface area contributed by atoms with E-state index in [0.717, 1.165) is 12.1 Å². The van der Waals surface area contributed by atoms with E-state index in [-0.39, 0.29) is 22.7 Å². The minimum Gasteiger partial charge on any atom is -0.308 e. The number of amides is 2. The van der Waals surface area contributed by atoms with Crippen LogP contribution < -0.4 is 10.6 Å². The lowest BCUT2D eigenvalue weighted by molar-refractivity contribution is -0.137. The number of para-hydroxylation sites is 1. The molecule has 0 aliphatic heterocycles. The summed E-state index contributed by atoms with van der Waals surface area (Å²) >= 11 is 0. The molecule has 0 saturated carbocycles. The molecule has 0 fully saturated rings. The van der Waals surface area contributed by atoms with Gasteiger partial charge in [0.05, 0.1) is 11.3 Å². The van der Waals surface area contributed by atoms with Crippen molar-refractivity contribution in [2.24, 2.45) is 0 Å². The summed E-state index contributed by atoms with van der Waals surface area (Å²) < 4.78 is 38.4. The maximum Gasteiger partial charge on any atom is 0.416 e. The Kier molecular flexibility index (Phi) is 5.44. The fourth-order valence-corrected chi connectivity index (χ4v) is 2.59. The van der Waals surface area contributed by atoms with E-state index < -0.39 is 17.8 Å². The molecule has 0 bridgehead atoms. The lowest BCUT2D eigenvalue weighted by Crippen LogP contribution is -2.21. The van der Waals surface area contributed by atoms with Crippen LogP contribution in [-0.2, 0) is 6.18 Å². The van der Waals surface area contributed by atoms with Crippen LogP contribution in [-0.4, -0.2) is 11.8 Å². The summed E-state index contributed by atoms with van der Waals surface area (Å²) in [6.45, 7) is 0. The van der Waals surface area contributed by atoms with E-state index in [0.29, 0.717) is 5.56 Å². The third-order valence-electron chi connectivity index (χ3n) is 3.90. The zero-order chi connectivity index (χ0) is 20.1. The van der Waals surface area contributed by atoms with Gasteiger partial charge in [-0.25, -0.2) is 4.79 Å². The van der Waals surface area contributed by atoms with E-state index in [1.165, 1.54) is 12.1 Å². The van der Waals surface area contributed by atoms with E-state index >= 15 is 0 Å². The summed E-state index contributed by atoms with van der Waals surface area (Å²) in [4.78, 5) is 24.9. The fourth-order valence-electron chi connectivity index (χ4n) is 2.59. The molecule has 0 aromatic heterocycles. The van der Waals surface area contributed by atoms with Gasteiger partial charge in [-0.1, -0.05) is 48.5 Å². The number of nitrogens with one attached hydrogen (secondary N) is 2. The number of benzene rings is 3. The number of hydrogen-bond acceptors (Lipinski definition) is 2. The Bertz CT molecular complexity index is 1000. The van der Waals surface area contributed by atoms with Crippen LogP contribution in [0.1, 0.15) is 21.5 Å². The Morgan fingerprint density at radius 3 is 2.14 bits per heavy atom. The van der Waals surface area contributed by atoms with Crippen molar-refractivity contribution in [3.8, 4) is 0 Å². The largest absolute Gasteiger partial charge is 0.416 e. The molecule has 0 aliphatic rings. The van der Waals surface area contributed by atoms with Crippen molar-refractivity contribution >= 4 is 23.2 Å². The fraction of sp³-hybridized carbons (Fsp3) is 0.0476. The van der Waals surface area contributed by atoms with Crippen molar-refractivity contribution in [1.29, 1.82) is 0 Å². The normalized spacial score (nSPS) is 11.0. The summed E-state index contributed by atoms with van der Waals surface area (Å²) in [5, 5.41) is 4.86. The number of rotatable bonds is 4. The number of ketones is 1. The van der Waals surface area contributed by atoms with Crippen LogP contribution in [0, 0.1) is 0 Å². The molecule has 0 heterocycles. The van der Waals surface area contributed by atoms with Gasteiger partial charge in [0.2, 0.25) is 0 Å². The first-order valence-electron chi connectivity index (χ1n) is 8.28. The maximum absolute atomic E-state index is 12.8. The predicted molar refractivity (Wildman–Crippen MR) is 100 cm³/mol. The third-order valence-corrected chi connectivity index (χ3v) is 3.90. The van der Waals surface area contributed by atoms with Gasteiger partial charge in [0, 0.05) is 16.8 Å². The first kappa shape index (κ1) is 19.2. The van der Waals surface area contributed by atoms with Gasteiger partial charge >= 0.3 is 12.2 Å². The highest BCUT2D eigenvalue weighted by atomic mass is 19.4. The van der Waals surface area contributed by atoms with Gasteiger partial charge in [0.15, 0.2) is 5.78 Å². The summed E-state index contributed by atoms with van der Waals surface area (Å²) in [5.41, 5.74) is 0.0907. The molecule has 3 rings (SSSR count). The van der Waals surface area contributed by atoms with Gasteiger partial charge in [0.25, 0.3) is 0 Å². The van der Waals surface area contributed by atoms with Crippen LogP contribution in [0.3, 0.4) is 0 Å². The molecule has 0 atom stereocenters. The molecular weight excluding hydrogens is 369 g/mol. The van der Waals surface area contributed by atoms with E-state index in [1.54, 1.807) is 54.6 Å². The number of urea groups is 1. The molecule has 0 aliphatic carbocycles. The first-order chi connectivity index (χ1) is 13.3. The average molecular weight is 384 g/mol. The van der Waals surface area contributed by atoms with Crippen LogP contribution in [0.4, 0.5) is 29.3 Å². The predicted octanol–water partition coefficient (Wildman–Crippen LogP) is 5.58. The molecule has 2 N–H and O–H groups in total. The molecule has 7 heteroatoms. The smallest absolute Gasteiger partial charge is 0.308 e. The average Bonchev–Trinajstić information content (AvgIpc) is 2.68. The molecule has 4 nitrogen and oxygen atoms in total. The van der Waals surface area contributed by atoms with Crippen molar-refractivity contribution in [3.05, 3.63) is 95.6 Å². The highest BCUT2D eigenvalue weighted by Gasteiger charge is 2.30. The molecule has 0 saturated heterocycles. The molecule has 2 amide bonds. The summed E-state index contributed by atoms with van der Waals surface area (Å²) in [6, 6.07) is 18.5. The Morgan fingerprint density at radius 1 is 0.750 bits per heavy atom. The van der Waals surface area contributed by atoms with E-state index in [4.69, 9.17) is 0 Å². The lowest BCUT2D eigenvalue weighted by atomic mass is 10.0. The number of hydrogen-bond donors (Lipinski definition) is 2. The SMILES string of the molecule is O=C(Nc1cccc(C(F)(F)F)c1)Nc1ccccc1C(=O)c1ccccc1. The number of anilines is 2. The number of alkyl halides is 3. The van der Waals surface area contributed by atoms with E-state index in [2.05, 4.69) is 10.6 Å². The highest BCUT2D eigenvalue weighted by molar-refractivity contribution is 6.14. The quantitative estimate of drug-likeness (QED) is 0.577. The monoisotopic (exact) mass is 384 g/mol. The third kappa shape index (κ3) is 4.56. The minimum absolute atomic E-state index is 0.0146. The molecule has 0 unspecified atom stereocenters. The van der Waals surface area contributed by atoms with Gasteiger partial charge in [-0.3, -0.25) is 4.79 Å². The minimum atomic E-state index is -4.51. The molecular formula is C21H15F3N2O2. The Balaban J connectivity index is 1.78. The van der Waals surface area contributed by atoms with Crippen molar-refractivity contribution in [1.82, 2.24) is 0 Å². The van der Waals surface area contributed by atoms with Crippen LogP contribution in [0.5, 0.6) is 0 Å². The Morgan fingerprint density at radius 2 is 1.43 bits per heavy atom. The summed E-state index contributed by atoms with van der Waals surface area (Å²) in [5.74, 6) is -0.282. The van der Waals surface area contributed by atoms with Crippen molar-refractivity contribution in [2.75, 3.05) is 10.6 Å². The zero-order valence-electron chi connectivity index (χ0n) is 14.5. The van der Waals surface area contributed by atoms with Crippen molar-refractivity contribution in [2.45, 2.75) is 6.18 Å². The van der Waals surface area contributed by atoms with E-state index in [1.807, 2.05) is 0 Å². The zero-order valence-corrected chi connectivity index (χ0v) is 14.5. The van der Waals surface area contributed by atoms with Crippen LogP contribution >= 0.6 is 0 Å². The first-order valence-corrected chi connectivity index (χ1v) is 8.28. The number of carbonyl (C=O) groups excluding carboxylic acids is 2. The Hall–Kier alpha value is -3.61. The molecule has 28 heavy (non-hydrogen) atoms.